The molecule has 5 amide bonds. The van der Waals surface area contributed by atoms with Crippen molar-refractivity contribution in [1.82, 2.24) is 20.0 Å². The van der Waals surface area contributed by atoms with Crippen molar-refractivity contribution in [2.24, 2.45) is 0 Å². The van der Waals surface area contributed by atoms with E-state index < -0.39 is 6.10 Å². The highest BCUT2D eigenvalue weighted by Crippen LogP contribution is 2.20. The van der Waals surface area contributed by atoms with E-state index in [9.17, 15) is 19.2 Å². The third kappa shape index (κ3) is 7.14. The zero-order valence-corrected chi connectivity index (χ0v) is 22.7. The van der Waals surface area contributed by atoms with E-state index in [1.54, 1.807) is 39.0 Å². The van der Waals surface area contributed by atoms with Crippen LogP contribution in [0.15, 0.2) is 54.6 Å². The molecule has 0 bridgehead atoms. The minimum Gasteiger partial charge on any atom is -0.365 e. The molecular weight excluding hydrogens is 498 g/mol. The molecular formula is C29H37N5O5. The van der Waals surface area contributed by atoms with Crippen LogP contribution in [0.1, 0.15) is 29.8 Å². The molecule has 1 unspecified atom stereocenters. The predicted molar refractivity (Wildman–Crippen MR) is 147 cm³/mol. The second kappa shape index (κ2) is 13.2. The summed E-state index contributed by atoms with van der Waals surface area (Å²) in [5.41, 5.74) is 2.12. The maximum Gasteiger partial charge on any atom is 0.321 e. The van der Waals surface area contributed by atoms with Gasteiger partial charge in [0.15, 0.2) is 0 Å². The summed E-state index contributed by atoms with van der Waals surface area (Å²) in [4.78, 5) is 58.2. The molecule has 2 aliphatic heterocycles. The molecule has 208 valence electrons. The number of nitrogens with zero attached hydrogens (tertiary/aromatic N) is 4. The molecule has 0 spiro atoms. The smallest absolute Gasteiger partial charge is 0.321 e. The van der Waals surface area contributed by atoms with E-state index in [1.807, 2.05) is 44.2 Å². The van der Waals surface area contributed by atoms with Crippen molar-refractivity contribution in [1.29, 1.82) is 0 Å². The van der Waals surface area contributed by atoms with Crippen molar-refractivity contribution in [2.75, 3.05) is 63.9 Å². The van der Waals surface area contributed by atoms with Crippen LogP contribution in [-0.4, -0.2) is 104 Å². The third-order valence-electron chi connectivity index (χ3n) is 7.15. The van der Waals surface area contributed by atoms with Crippen molar-refractivity contribution in [3.8, 4) is 0 Å². The highest BCUT2D eigenvalue weighted by atomic mass is 16.5. The molecule has 4 rings (SSSR count). The SMILES string of the molecule is CCN(CC)C(=O)COC1CN(CCc2ccccc2)C(=O)CN(C(=O)c2cccc(N3CCNC3=O)c2)C1. The molecule has 2 aromatic rings. The normalized spacial score (nSPS) is 17.7. The van der Waals surface area contributed by atoms with E-state index >= 15 is 0 Å². The van der Waals surface area contributed by atoms with E-state index in [0.717, 1.165) is 5.56 Å². The second-order valence-electron chi connectivity index (χ2n) is 9.69. The van der Waals surface area contributed by atoms with Gasteiger partial charge in [-0.15, -0.1) is 0 Å². The van der Waals surface area contributed by atoms with Gasteiger partial charge < -0.3 is 24.8 Å². The lowest BCUT2D eigenvalue weighted by atomic mass is 10.1. The number of hydrogen-bond donors (Lipinski definition) is 1. The fourth-order valence-corrected chi connectivity index (χ4v) is 4.93. The second-order valence-corrected chi connectivity index (χ2v) is 9.69. The Hall–Kier alpha value is -3.92. The van der Waals surface area contributed by atoms with Gasteiger partial charge >= 0.3 is 6.03 Å². The van der Waals surface area contributed by atoms with Crippen LogP contribution in [0, 0.1) is 0 Å². The number of carbonyl (C=O) groups is 4. The fraction of sp³-hybridized carbons (Fsp3) is 0.448. The van der Waals surface area contributed by atoms with Gasteiger partial charge in [-0.2, -0.15) is 0 Å². The number of rotatable bonds is 10. The maximum atomic E-state index is 13.6. The standard InChI is InChI=1S/C29H37N5O5/c1-3-31(4-2)27(36)21-39-25-18-32(15-13-22-9-6-5-7-10-22)26(35)20-33(19-25)28(37)23-11-8-12-24(17-23)34-16-14-30-29(34)38/h5-12,17,25H,3-4,13-16,18-21H2,1-2H3,(H,30,38). The molecule has 0 radical (unpaired) electrons. The van der Waals surface area contributed by atoms with Crippen LogP contribution in [0.3, 0.4) is 0 Å². The average Bonchev–Trinajstić information content (AvgIpc) is 3.32. The van der Waals surface area contributed by atoms with Gasteiger partial charge in [0, 0.05) is 57.1 Å². The molecule has 2 aliphatic rings. The first kappa shape index (κ1) is 28.1. The molecule has 10 nitrogen and oxygen atoms in total. The van der Waals surface area contributed by atoms with Crippen LogP contribution in [0.5, 0.6) is 0 Å². The number of urea groups is 1. The highest BCUT2D eigenvalue weighted by molar-refractivity contribution is 5.99. The lowest BCUT2D eigenvalue weighted by molar-refractivity contribution is -0.138. The van der Waals surface area contributed by atoms with Crippen LogP contribution in [-0.2, 0) is 20.7 Å². The number of benzene rings is 2. The van der Waals surface area contributed by atoms with Crippen molar-refractivity contribution in [3.63, 3.8) is 0 Å². The van der Waals surface area contributed by atoms with Gasteiger partial charge in [-0.1, -0.05) is 36.4 Å². The Morgan fingerprint density at radius 1 is 1.03 bits per heavy atom. The van der Waals surface area contributed by atoms with Crippen molar-refractivity contribution in [2.45, 2.75) is 26.4 Å². The van der Waals surface area contributed by atoms with E-state index in [4.69, 9.17) is 4.74 Å². The number of carbonyl (C=O) groups excluding carboxylic acids is 4. The summed E-state index contributed by atoms with van der Waals surface area (Å²) in [7, 11) is 0. The molecule has 1 N–H and O–H groups in total. The number of anilines is 1. The number of nitrogens with one attached hydrogen (secondary N) is 1. The average molecular weight is 536 g/mol. The molecule has 2 heterocycles. The van der Waals surface area contributed by atoms with Crippen LogP contribution < -0.4 is 10.2 Å². The molecule has 2 saturated heterocycles. The Morgan fingerprint density at radius 3 is 2.49 bits per heavy atom. The predicted octanol–water partition coefficient (Wildman–Crippen LogP) is 2.00. The van der Waals surface area contributed by atoms with Gasteiger partial charge in [-0.25, -0.2) is 4.79 Å². The van der Waals surface area contributed by atoms with Gasteiger partial charge in [0.1, 0.15) is 13.2 Å². The van der Waals surface area contributed by atoms with Crippen molar-refractivity contribution in [3.05, 3.63) is 65.7 Å². The van der Waals surface area contributed by atoms with E-state index in [1.165, 1.54) is 4.90 Å². The maximum absolute atomic E-state index is 13.6. The quantitative estimate of drug-likeness (QED) is 0.502. The van der Waals surface area contributed by atoms with Crippen LogP contribution in [0.4, 0.5) is 10.5 Å². The molecule has 2 aromatic carbocycles. The van der Waals surface area contributed by atoms with E-state index in [0.29, 0.717) is 50.4 Å². The third-order valence-corrected chi connectivity index (χ3v) is 7.15. The van der Waals surface area contributed by atoms with E-state index in [2.05, 4.69) is 5.32 Å². The summed E-state index contributed by atoms with van der Waals surface area (Å²) >= 11 is 0. The summed E-state index contributed by atoms with van der Waals surface area (Å²) in [5, 5.41) is 2.76. The highest BCUT2D eigenvalue weighted by Gasteiger charge is 2.32. The van der Waals surface area contributed by atoms with Crippen LogP contribution in [0.25, 0.3) is 0 Å². The Kier molecular flexibility index (Phi) is 9.54. The molecule has 0 aliphatic carbocycles. The Balaban J connectivity index is 1.51. The minimum absolute atomic E-state index is 0.0914. The number of amides is 5. The largest absolute Gasteiger partial charge is 0.365 e. The van der Waals surface area contributed by atoms with Crippen LogP contribution in [0.2, 0.25) is 0 Å². The minimum atomic E-state index is -0.525. The topological polar surface area (TPSA) is 102 Å². The lowest BCUT2D eigenvalue weighted by Gasteiger charge is -2.26. The van der Waals surface area contributed by atoms with Gasteiger partial charge in [-0.3, -0.25) is 19.3 Å². The zero-order chi connectivity index (χ0) is 27.8. The van der Waals surface area contributed by atoms with Gasteiger partial charge in [0.05, 0.1) is 6.10 Å². The van der Waals surface area contributed by atoms with Crippen molar-refractivity contribution < 1.29 is 23.9 Å². The van der Waals surface area contributed by atoms with Gasteiger partial charge in [0.25, 0.3) is 5.91 Å². The first-order valence-corrected chi connectivity index (χ1v) is 13.5. The molecule has 2 fully saturated rings. The molecule has 10 heteroatoms. The molecule has 39 heavy (non-hydrogen) atoms. The lowest BCUT2D eigenvalue weighted by Crippen LogP contribution is -2.41. The Labute approximate surface area is 229 Å². The molecule has 0 saturated carbocycles. The summed E-state index contributed by atoms with van der Waals surface area (Å²) in [6.07, 6.45) is 0.147. The van der Waals surface area contributed by atoms with Crippen molar-refractivity contribution >= 4 is 29.4 Å². The first-order chi connectivity index (χ1) is 18.9. The van der Waals surface area contributed by atoms with Gasteiger partial charge in [-0.05, 0) is 44.0 Å². The summed E-state index contributed by atoms with van der Waals surface area (Å²) < 4.78 is 6.04. The monoisotopic (exact) mass is 535 g/mol. The first-order valence-electron chi connectivity index (χ1n) is 13.5. The van der Waals surface area contributed by atoms with Crippen LogP contribution >= 0.6 is 0 Å². The summed E-state index contributed by atoms with van der Waals surface area (Å²) in [5.74, 6) is -0.616. The number of likely N-dealkylation sites (N-methyl/N-ethyl adjacent to an activating group) is 1. The summed E-state index contributed by atoms with van der Waals surface area (Å²) in [6.45, 7) is 6.79. The molecule has 0 aromatic heterocycles. The summed E-state index contributed by atoms with van der Waals surface area (Å²) in [6, 6.07) is 16.6. The zero-order valence-electron chi connectivity index (χ0n) is 22.7. The van der Waals surface area contributed by atoms with E-state index in [-0.39, 0.29) is 50.0 Å². The fourth-order valence-electron chi connectivity index (χ4n) is 4.93. The number of hydrogen-bond acceptors (Lipinski definition) is 5. The Bertz CT molecular complexity index is 1170. The van der Waals surface area contributed by atoms with Gasteiger partial charge in [0.2, 0.25) is 11.8 Å². The molecule has 1 atom stereocenters. The Morgan fingerprint density at radius 2 is 1.79 bits per heavy atom. The number of ether oxygens (including phenoxy) is 1.